The minimum absolute atomic E-state index is 0.0795. The first-order valence-corrected chi connectivity index (χ1v) is 7.84. The molecule has 1 aromatic heterocycles. The fraction of sp³-hybridized carbons (Fsp3) is 0.471. The van der Waals surface area contributed by atoms with Crippen LogP contribution in [0.5, 0.6) is 0 Å². The zero-order valence-corrected chi connectivity index (χ0v) is 12.6. The molecule has 112 valence electrons. The zero-order chi connectivity index (χ0) is 14.7. The van der Waals surface area contributed by atoms with E-state index >= 15 is 0 Å². The average molecular weight is 285 g/mol. The van der Waals surface area contributed by atoms with E-state index < -0.39 is 0 Å². The van der Waals surface area contributed by atoms with E-state index in [-0.39, 0.29) is 5.91 Å². The van der Waals surface area contributed by atoms with Crippen molar-refractivity contribution >= 4 is 16.8 Å². The van der Waals surface area contributed by atoms with Crippen LogP contribution in [0.15, 0.2) is 30.5 Å². The van der Waals surface area contributed by atoms with E-state index in [2.05, 4.69) is 41.8 Å². The molecule has 1 amide bonds. The first-order valence-electron chi connectivity index (χ1n) is 7.84. The predicted octanol–water partition coefficient (Wildman–Crippen LogP) is 2.42. The third-order valence-corrected chi connectivity index (χ3v) is 3.90. The van der Waals surface area contributed by atoms with Crippen molar-refractivity contribution in [2.24, 2.45) is 0 Å². The molecule has 3 rings (SSSR count). The Morgan fingerprint density at radius 3 is 2.95 bits per heavy atom. The van der Waals surface area contributed by atoms with E-state index in [4.69, 9.17) is 0 Å². The largest absolute Gasteiger partial charge is 0.355 e. The van der Waals surface area contributed by atoms with E-state index in [1.807, 2.05) is 10.8 Å². The van der Waals surface area contributed by atoms with Crippen LogP contribution < -0.4 is 10.6 Å². The van der Waals surface area contributed by atoms with Gasteiger partial charge in [-0.15, -0.1) is 0 Å². The highest BCUT2D eigenvalue weighted by Crippen LogP contribution is 2.21. The smallest absolute Gasteiger partial charge is 0.239 e. The van der Waals surface area contributed by atoms with Crippen molar-refractivity contribution in [2.45, 2.75) is 45.3 Å². The SMILES string of the molecule is CCCNC(=O)Cn1ccc2ccc(CNC3CC3)cc21. The van der Waals surface area contributed by atoms with E-state index in [0.717, 1.165) is 25.0 Å². The van der Waals surface area contributed by atoms with Gasteiger partial charge >= 0.3 is 0 Å². The molecule has 21 heavy (non-hydrogen) atoms. The Labute approximate surface area is 125 Å². The van der Waals surface area contributed by atoms with Gasteiger partial charge in [0.15, 0.2) is 0 Å². The molecule has 1 saturated carbocycles. The van der Waals surface area contributed by atoms with Gasteiger partial charge in [-0.2, -0.15) is 0 Å². The van der Waals surface area contributed by atoms with Gasteiger partial charge in [0.25, 0.3) is 0 Å². The molecule has 2 aromatic rings. The number of hydrogen-bond donors (Lipinski definition) is 2. The van der Waals surface area contributed by atoms with Crippen molar-refractivity contribution in [3.63, 3.8) is 0 Å². The predicted molar refractivity (Wildman–Crippen MR) is 85.1 cm³/mol. The number of benzene rings is 1. The molecule has 0 spiro atoms. The van der Waals surface area contributed by atoms with Gasteiger partial charge in [0.2, 0.25) is 5.91 Å². The van der Waals surface area contributed by atoms with Gasteiger partial charge in [0.05, 0.1) is 0 Å². The lowest BCUT2D eigenvalue weighted by molar-refractivity contribution is -0.121. The minimum atomic E-state index is 0.0795. The topological polar surface area (TPSA) is 46.1 Å². The molecule has 0 atom stereocenters. The fourth-order valence-electron chi connectivity index (χ4n) is 2.50. The summed E-state index contributed by atoms with van der Waals surface area (Å²) in [5, 5.41) is 7.64. The average Bonchev–Trinajstić information content (AvgIpc) is 3.25. The van der Waals surface area contributed by atoms with Crippen molar-refractivity contribution in [2.75, 3.05) is 6.54 Å². The Morgan fingerprint density at radius 2 is 2.19 bits per heavy atom. The van der Waals surface area contributed by atoms with E-state index in [1.54, 1.807) is 0 Å². The van der Waals surface area contributed by atoms with Crippen LogP contribution in [0, 0.1) is 0 Å². The highest BCUT2D eigenvalue weighted by molar-refractivity contribution is 5.83. The third kappa shape index (κ3) is 3.64. The number of aromatic nitrogens is 1. The highest BCUT2D eigenvalue weighted by atomic mass is 16.1. The van der Waals surface area contributed by atoms with Crippen molar-refractivity contribution in [1.29, 1.82) is 0 Å². The first kappa shape index (κ1) is 14.1. The van der Waals surface area contributed by atoms with E-state index in [1.165, 1.54) is 23.8 Å². The maximum Gasteiger partial charge on any atom is 0.239 e. The summed E-state index contributed by atoms with van der Waals surface area (Å²) in [6.07, 6.45) is 5.57. The van der Waals surface area contributed by atoms with Crippen molar-refractivity contribution in [1.82, 2.24) is 15.2 Å². The van der Waals surface area contributed by atoms with Crippen LogP contribution in [0.2, 0.25) is 0 Å². The van der Waals surface area contributed by atoms with E-state index in [0.29, 0.717) is 12.6 Å². The van der Waals surface area contributed by atoms with Crippen LogP contribution in [0.25, 0.3) is 10.9 Å². The summed E-state index contributed by atoms with van der Waals surface area (Å²) in [6.45, 7) is 4.11. The number of fused-ring (bicyclic) bond motifs is 1. The van der Waals surface area contributed by atoms with Crippen LogP contribution in [0.3, 0.4) is 0 Å². The molecule has 0 bridgehead atoms. The number of rotatable bonds is 7. The maximum atomic E-state index is 11.9. The molecular formula is C17H23N3O. The number of amides is 1. The van der Waals surface area contributed by atoms with Gasteiger partial charge in [-0.25, -0.2) is 0 Å². The van der Waals surface area contributed by atoms with Crippen LogP contribution in [-0.2, 0) is 17.9 Å². The molecule has 4 heteroatoms. The molecule has 1 heterocycles. The summed E-state index contributed by atoms with van der Waals surface area (Å²) in [6, 6.07) is 9.28. The van der Waals surface area contributed by atoms with Crippen molar-refractivity contribution in [3.8, 4) is 0 Å². The summed E-state index contributed by atoms with van der Waals surface area (Å²) in [4.78, 5) is 11.9. The summed E-state index contributed by atoms with van der Waals surface area (Å²) in [5.74, 6) is 0.0795. The molecule has 1 aliphatic carbocycles. The van der Waals surface area contributed by atoms with Gasteiger partial charge < -0.3 is 15.2 Å². The Balaban J connectivity index is 1.71. The summed E-state index contributed by atoms with van der Waals surface area (Å²) in [7, 11) is 0. The normalized spacial score (nSPS) is 14.5. The molecule has 4 nitrogen and oxygen atoms in total. The van der Waals surface area contributed by atoms with Crippen LogP contribution >= 0.6 is 0 Å². The minimum Gasteiger partial charge on any atom is -0.355 e. The molecule has 0 saturated heterocycles. The van der Waals surface area contributed by atoms with E-state index in [9.17, 15) is 4.79 Å². The van der Waals surface area contributed by atoms with Gasteiger partial charge in [-0.1, -0.05) is 19.1 Å². The second-order valence-electron chi connectivity index (χ2n) is 5.84. The molecule has 1 fully saturated rings. The molecule has 0 radical (unpaired) electrons. The number of hydrogen-bond acceptors (Lipinski definition) is 2. The summed E-state index contributed by atoms with van der Waals surface area (Å²) >= 11 is 0. The van der Waals surface area contributed by atoms with Crippen molar-refractivity contribution < 1.29 is 4.79 Å². The first-order chi connectivity index (χ1) is 10.3. The van der Waals surface area contributed by atoms with Crippen molar-refractivity contribution in [3.05, 3.63) is 36.0 Å². The fourth-order valence-corrected chi connectivity index (χ4v) is 2.50. The quantitative estimate of drug-likeness (QED) is 0.820. The molecule has 2 N–H and O–H groups in total. The molecule has 1 aromatic carbocycles. The second-order valence-corrected chi connectivity index (χ2v) is 5.84. The maximum absolute atomic E-state index is 11.9. The number of nitrogens with one attached hydrogen (secondary N) is 2. The number of carbonyl (C=O) groups is 1. The number of nitrogens with zero attached hydrogens (tertiary/aromatic N) is 1. The lowest BCUT2D eigenvalue weighted by Gasteiger charge is -2.08. The third-order valence-electron chi connectivity index (χ3n) is 3.90. The molecule has 1 aliphatic rings. The van der Waals surface area contributed by atoms with Gasteiger partial charge in [0.1, 0.15) is 6.54 Å². The Kier molecular flexibility index (Phi) is 4.25. The highest BCUT2D eigenvalue weighted by Gasteiger charge is 2.20. The van der Waals surface area contributed by atoms with Crippen LogP contribution in [-0.4, -0.2) is 23.1 Å². The summed E-state index contributed by atoms with van der Waals surface area (Å²) < 4.78 is 2.03. The Morgan fingerprint density at radius 1 is 1.33 bits per heavy atom. The Bertz CT molecular complexity index is 628. The molecular weight excluding hydrogens is 262 g/mol. The number of carbonyl (C=O) groups excluding carboxylic acids is 1. The summed E-state index contributed by atoms with van der Waals surface area (Å²) in [5.41, 5.74) is 2.42. The van der Waals surface area contributed by atoms with Crippen LogP contribution in [0.4, 0.5) is 0 Å². The zero-order valence-electron chi connectivity index (χ0n) is 12.6. The Hall–Kier alpha value is -1.81. The monoisotopic (exact) mass is 285 g/mol. The second kappa shape index (κ2) is 6.31. The van der Waals surface area contributed by atoms with Gasteiger partial charge in [-0.05, 0) is 42.3 Å². The molecule has 0 aliphatic heterocycles. The lowest BCUT2D eigenvalue weighted by Crippen LogP contribution is -2.27. The lowest BCUT2D eigenvalue weighted by atomic mass is 10.1. The van der Waals surface area contributed by atoms with Crippen LogP contribution in [0.1, 0.15) is 31.7 Å². The standard InChI is InChI=1S/C17H23N3O/c1-2-8-18-17(21)12-20-9-7-14-4-3-13(10-16(14)20)11-19-15-5-6-15/h3-4,7,9-10,15,19H,2,5-6,8,11-12H2,1H3,(H,18,21). The van der Waals surface area contributed by atoms with Gasteiger partial charge in [0, 0.05) is 30.8 Å². The van der Waals surface area contributed by atoms with Gasteiger partial charge in [-0.3, -0.25) is 4.79 Å². The molecule has 0 unspecified atom stereocenters.